The molecule has 0 saturated carbocycles. The standard InChI is InChI=1S/C20H23NO2/c22-20(16-23-19-9-5-2-6-10-19)18-11-13-21(14-12-18)15-17-7-3-1-4-8-17/h1-10,18H,11-16H2. The van der Waals surface area contributed by atoms with E-state index >= 15 is 0 Å². The van der Waals surface area contributed by atoms with E-state index in [-0.39, 0.29) is 18.3 Å². The van der Waals surface area contributed by atoms with Crippen LogP contribution in [0.15, 0.2) is 60.7 Å². The maximum Gasteiger partial charge on any atom is 0.173 e. The average Bonchev–Trinajstić information content (AvgIpc) is 2.62. The quantitative estimate of drug-likeness (QED) is 0.817. The van der Waals surface area contributed by atoms with Crippen molar-refractivity contribution in [2.45, 2.75) is 19.4 Å². The maximum absolute atomic E-state index is 12.3. The minimum absolute atomic E-state index is 0.144. The van der Waals surface area contributed by atoms with Gasteiger partial charge in [0, 0.05) is 12.5 Å². The van der Waals surface area contributed by atoms with Gasteiger partial charge >= 0.3 is 0 Å². The van der Waals surface area contributed by atoms with Crippen LogP contribution in [0, 0.1) is 5.92 Å². The van der Waals surface area contributed by atoms with E-state index in [4.69, 9.17) is 4.74 Å². The second kappa shape index (κ2) is 7.93. The normalized spacial score (nSPS) is 16.2. The molecular weight excluding hydrogens is 286 g/mol. The van der Waals surface area contributed by atoms with Crippen molar-refractivity contribution in [1.82, 2.24) is 4.90 Å². The molecule has 3 rings (SSSR count). The van der Waals surface area contributed by atoms with Gasteiger partial charge in [-0.2, -0.15) is 0 Å². The Morgan fingerprint density at radius 1 is 0.957 bits per heavy atom. The smallest absolute Gasteiger partial charge is 0.173 e. The maximum atomic E-state index is 12.3. The molecule has 1 aliphatic heterocycles. The average molecular weight is 309 g/mol. The van der Waals surface area contributed by atoms with Crippen molar-refractivity contribution in [3.8, 4) is 5.75 Å². The summed E-state index contributed by atoms with van der Waals surface area (Å²) in [7, 11) is 0. The number of carbonyl (C=O) groups is 1. The van der Waals surface area contributed by atoms with Gasteiger partial charge in [0.05, 0.1) is 0 Å². The van der Waals surface area contributed by atoms with E-state index in [1.54, 1.807) is 0 Å². The lowest BCUT2D eigenvalue weighted by atomic mass is 9.92. The molecule has 1 heterocycles. The SMILES string of the molecule is O=C(COc1ccccc1)C1CCN(Cc2ccccc2)CC1. The molecule has 2 aromatic rings. The molecular formula is C20H23NO2. The number of nitrogens with zero attached hydrogens (tertiary/aromatic N) is 1. The predicted molar refractivity (Wildman–Crippen MR) is 91.4 cm³/mol. The van der Waals surface area contributed by atoms with Gasteiger partial charge in [-0.1, -0.05) is 48.5 Å². The van der Waals surface area contributed by atoms with Crippen LogP contribution in [-0.4, -0.2) is 30.4 Å². The summed E-state index contributed by atoms with van der Waals surface area (Å²) in [6, 6.07) is 20.1. The fourth-order valence-corrected chi connectivity index (χ4v) is 3.04. The summed E-state index contributed by atoms with van der Waals surface area (Å²) < 4.78 is 5.58. The minimum Gasteiger partial charge on any atom is -0.486 e. The van der Waals surface area contributed by atoms with Crippen molar-refractivity contribution in [2.24, 2.45) is 5.92 Å². The van der Waals surface area contributed by atoms with Crippen LogP contribution in [0.25, 0.3) is 0 Å². The van der Waals surface area contributed by atoms with Gasteiger partial charge in [-0.05, 0) is 43.6 Å². The van der Waals surface area contributed by atoms with Crippen LogP contribution < -0.4 is 4.74 Å². The molecule has 0 unspecified atom stereocenters. The van der Waals surface area contributed by atoms with Crippen molar-refractivity contribution in [1.29, 1.82) is 0 Å². The third kappa shape index (κ3) is 4.67. The van der Waals surface area contributed by atoms with E-state index in [2.05, 4.69) is 29.2 Å². The first-order valence-electron chi connectivity index (χ1n) is 8.28. The van der Waals surface area contributed by atoms with E-state index in [0.717, 1.165) is 38.2 Å². The summed E-state index contributed by atoms with van der Waals surface area (Å²) in [6.45, 7) is 3.13. The number of piperidine rings is 1. The Bertz CT molecular complexity index is 604. The Morgan fingerprint density at radius 2 is 1.57 bits per heavy atom. The van der Waals surface area contributed by atoms with Crippen molar-refractivity contribution >= 4 is 5.78 Å². The first kappa shape index (κ1) is 15.8. The van der Waals surface area contributed by atoms with Crippen LogP contribution in [-0.2, 0) is 11.3 Å². The summed E-state index contributed by atoms with van der Waals surface area (Å²) in [5.74, 6) is 1.14. The highest BCUT2D eigenvalue weighted by Crippen LogP contribution is 2.20. The van der Waals surface area contributed by atoms with Crippen LogP contribution in [0.3, 0.4) is 0 Å². The summed E-state index contributed by atoms with van der Waals surface area (Å²) in [4.78, 5) is 14.7. The minimum atomic E-state index is 0.144. The van der Waals surface area contributed by atoms with Crippen LogP contribution >= 0.6 is 0 Å². The number of ketones is 1. The van der Waals surface area contributed by atoms with Crippen molar-refractivity contribution in [3.63, 3.8) is 0 Å². The second-order valence-electron chi connectivity index (χ2n) is 6.10. The number of benzene rings is 2. The van der Waals surface area contributed by atoms with Gasteiger partial charge in [-0.25, -0.2) is 0 Å². The lowest BCUT2D eigenvalue weighted by molar-refractivity contribution is -0.126. The molecule has 0 atom stereocenters. The topological polar surface area (TPSA) is 29.5 Å². The Morgan fingerprint density at radius 3 is 2.22 bits per heavy atom. The van der Waals surface area contributed by atoms with Gasteiger partial charge in [-0.3, -0.25) is 9.69 Å². The summed E-state index contributed by atoms with van der Waals surface area (Å²) in [5, 5.41) is 0. The highest BCUT2D eigenvalue weighted by Gasteiger charge is 2.25. The Labute approximate surface area is 137 Å². The summed E-state index contributed by atoms with van der Waals surface area (Å²) in [6.07, 6.45) is 1.87. The van der Waals surface area contributed by atoms with Gasteiger partial charge in [0.25, 0.3) is 0 Å². The molecule has 1 saturated heterocycles. The number of rotatable bonds is 6. The van der Waals surface area contributed by atoms with E-state index in [9.17, 15) is 4.79 Å². The molecule has 1 aliphatic rings. The molecule has 0 aliphatic carbocycles. The molecule has 3 nitrogen and oxygen atoms in total. The fourth-order valence-electron chi connectivity index (χ4n) is 3.04. The second-order valence-corrected chi connectivity index (χ2v) is 6.10. The van der Waals surface area contributed by atoms with E-state index in [1.165, 1.54) is 5.56 Å². The third-order valence-corrected chi connectivity index (χ3v) is 4.42. The molecule has 0 radical (unpaired) electrons. The Kier molecular flexibility index (Phi) is 5.43. The molecule has 0 amide bonds. The predicted octanol–water partition coefficient (Wildman–Crippen LogP) is 3.55. The third-order valence-electron chi connectivity index (χ3n) is 4.42. The fraction of sp³-hybridized carbons (Fsp3) is 0.350. The Hall–Kier alpha value is -2.13. The zero-order valence-corrected chi connectivity index (χ0v) is 13.4. The highest BCUT2D eigenvalue weighted by molar-refractivity contribution is 5.82. The van der Waals surface area contributed by atoms with E-state index in [0.29, 0.717) is 0 Å². The van der Waals surface area contributed by atoms with Gasteiger partial charge < -0.3 is 4.74 Å². The molecule has 2 aromatic carbocycles. The van der Waals surface area contributed by atoms with Crippen LogP contribution in [0.1, 0.15) is 18.4 Å². The molecule has 0 N–H and O–H groups in total. The number of Topliss-reactive ketones (excluding diaryl/α,β-unsaturated/α-hetero) is 1. The summed E-state index contributed by atoms with van der Waals surface area (Å²) in [5.41, 5.74) is 1.34. The van der Waals surface area contributed by atoms with Gasteiger partial charge in [0.1, 0.15) is 12.4 Å². The lowest BCUT2D eigenvalue weighted by Crippen LogP contribution is -2.37. The molecule has 120 valence electrons. The largest absolute Gasteiger partial charge is 0.486 e. The van der Waals surface area contributed by atoms with Crippen molar-refractivity contribution < 1.29 is 9.53 Å². The monoisotopic (exact) mass is 309 g/mol. The molecule has 1 fully saturated rings. The number of likely N-dealkylation sites (tertiary alicyclic amines) is 1. The molecule has 0 bridgehead atoms. The first-order valence-corrected chi connectivity index (χ1v) is 8.28. The molecule has 0 spiro atoms. The number of para-hydroxylation sites is 1. The van der Waals surface area contributed by atoms with E-state index in [1.807, 2.05) is 36.4 Å². The number of ether oxygens (including phenoxy) is 1. The highest BCUT2D eigenvalue weighted by atomic mass is 16.5. The van der Waals surface area contributed by atoms with Gasteiger partial charge in [0.15, 0.2) is 5.78 Å². The van der Waals surface area contributed by atoms with Crippen LogP contribution in [0.5, 0.6) is 5.75 Å². The molecule has 0 aromatic heterocycles. The molecule has 3 heteroatoms. The number of carbonyl (C=O) groups excluding carboxylic acids is 1. The van der Waals surface area contributed by atoms with Gasteiger partial charge in [-0.15, -0.1) is 0 Å². The van der Waals surface area contributed by atoms with Crippen LogP contribution in [0.4, 0.5) is 0 Å². The van der Waals surface area contributed by atoms with E-state index < -0.39 is 0 Å². The Balaban J connectivity index is 1.42. The lowest BCUT2D eigenvalue weighted by Gasteiger charge is -2.31. The zero-order valence-electron chi connectivity index (χ0n) is 13.4. The first-order chi connectivity index (χ1) is 11.3. The van der Waals surface area contributed by atoms with Crippen molar-refractivity contribution in [3.05, 3.63) is 66.2 Å². The molecule has 23 heavy (non-hydrogen) atoms. The van der Waals surface area contributed by atoms with Gasteiger partial charge in [0.2, 0.25) is 0 Å². The number of hydrogen-bond acceptors (Lipinski definition) is 3. The van der Waals surface area contributed by atoms with Crippen LogP contribution in [0.2, 0.25) is 0 Å². The summed E-state index contributed by atoms with van der Waals surface area (Å²) >= 11 is 0. The number of hydrogen-bond donors (Lipinski definition) is 0. The van der Waals surface area contributed by atoms with Crippen molar-refractivity contribution in [2.75, 3.05) is 19.7 Å². The zero-order chi connectivity index (χ0) is 15.9.